The first-order chi connectivity index (χ1) is 14.1. The van der Waals surface area contributed by atoms with E-state index in [1.807, 2.05) is 89.8 Å². The number of benzene rings is 3. The fourth-order valence-corrected chi connectivity index (χ4v) is 4.67. The van der Waals surface area contributed by atoms with Crippen LogP contribution >= 0.6 is 23.2 Å². The monoisotopic (exact) mass is 421 g/mol. The number of esters is 1. The number of carbonyl (C=O) groups is 1. The molecule has 144 valence electrons. The van der Waals surface area contributed by atoms with Crippen LogP contribution in [0.5, 0.6) is 0 Å². The number of hydrogen-bond donors (Lipinski definition) is 0. The van der Waals surface area contributed by atoms with Gasteiger partial charge in [0, 0.05) is 28.9 Å². The standard InChI is InChI=1S/C24H17Cl2NO2/c25-24(26)22(20-15-16-9-7-8-14-19(16)21(20)29-23(24)28)27(17-10-3-1-4-11-17)18-12-5-2-6-13-18/h1-14,22H,15H2. The van der Waals surface area contributed by atoms with Gasteiger partial charge in [-0.1, -0.05) is 83.9 Å². The summed E-state index contributed by atoms with van der Waals surface area (Å²) < 4.78 is 3.90. The number of para-hydroxylation sites is 2. The van der Waals surface area contributed by atoms with Crippen LogP contribution in [0.1, 0.15) is 11.1 Å². The molecule has 0 spiro atoms. The molecule has 5 heteroatoms. The van der Waals surface area contributed by atoms with Crippen LogP contribution < -0.4 is 4.90 Å². The average Bonchev–Trinajstić information content (AvgIpc) is 3.10. The van der Waals surface area contributed by atoms with Crippen molar-refractivity contribution in [3.05, 3.63) is 102 Å². The highest BCUT2D eigenvalue weighted by Crippen LogP contribution is 2.50. The lowest BCUT2D eigenvalue weighted by molar-refractivity contribution is -0.138. The first-order valence-electron chi connectivity index (χ1n) is 9.38. The van der Waals surface area contributed by atoms with Crippen molar-refractivity contribution < 1.29 is 9.53 Å². The summed E-state index contributed by atoms with van der Waals surface area (Å²) in [5, 5.41) is 0. The smallest absolute Gasteiger partial charge is 0.350 e. The molecule has 0 amide bonds. The van der Waals surface area contributed by atoms with Crippen LogP contribution in [0, 0.1) is 0 Å². The Kier molecular flexibility index (Phi) is 4.38. The number of fused-ring (bicyclic) bond motifs is 2. The fourth-order valence-electron chi connectivity index (χ4n) is 4.13. The molecular weight excluding hydrogens is 405 g/mol. The average molecular weight is 422 g/mol. The van der Waals surface area contributed by atoms with E-state index in [9.17, 15) is 4.79 Å². The van der Waals surface area contributed by atoms with Gasteiger partial charge in [-0.25, -0.2) is 4.79 Å². The van der Waals surface area contributed by atoms with E-state index in [0.717, 1.165) is 28.1 Å². The molecule has 0 saturated heterocycles. The van der Waals surface area contributed by atoms with Crippen molar-refractivity contribution in [1.29, 1.82) is 0 Å². The number of alkyl halides is 2. The SMILES string of the molecule is O=C1OC2=C(Cc3ccccc32)C(N(c2ccccc2)c2ccccc2)C1(Cl)Cl. The first kappa shape index (κ1) is 18.3. The lowest BCUT2D eigenvalue weighted by atomic mass is 9.95. The van der Waals surface area contributed by atoms with Crippen molar-refractivity contribution in [3.8, 4) is 0 Å². The van der Waals surface area contributed by atoms with Crippen molar-refractivity contribution in [2.75, 3.05) is 4.90 Å². The van der Waals surface area contributed by atoms with Gasteiger partial charge in [0.1, 0.15) is 11.8 Å². The molecule has 2 aliphatic rings. The van der Waals surface area contributed by atoms with E-state index < -0.39 is 16.3 Å². The van der Waals surface area contributed by atoms with Crippen molar-refractivity contribution in [1.82, 2.24) is 0 Å². The second-order valence-electron chi connectivity index (χ2n) is 7.14. The van der Waals surface area contributed by atoms with E-state index in [-0.39, 0.29) is 0 Å². The van der Waals surface area contributed by atoms with E-state index in [1.165, 1.54) is 0 Å². The van der Waals surface area contributed by atoms with Gasteiger partial charge >= 0.3 is 5.97 Å². The second kappa shape index (κ2) is 6.94. The molecule has 5 rings (SSSR count). The molecule has 29 heavy (non-hydrogen) atoms. The maximum atomic E-state index is 12.9. The number of rotatable bonds is 3. The number of ether oxygens (including phenoxy) is 1. The molecule has 3 aromatic carbocycles. The molecule has 0 radical (unpaired) electrons. The molecule has 1 atom stereocenters. The molecule has 1 aliphatic carbocycles. The topological polar surface area (TPSA) is 29.5 Å². The van der Waals surface area contributed by atoms with E-state index >= 15 is 0 Å². The van der Waals surface area contributed by atoms with Crippen LogP contribution in [-0.4, -0.2) is 16.3 Å². The van der Waals surface area contributed by atoms with Gasteiger partial charge in [-0.3, -0.25) is 0 Å². The summed E-state index contributed by atoms with van der Waals surface area (Å²) in [5.41, 5.74) is 4.72. The van der Waals surface area contributed by atoms with Gasteiger partial charge in [0.15, 0.2) is 0 Å². The minimum absolute atomic E-state index is 0.574. The predicted molar refractivity (Wildman–Crippen MR) is 116 cm³/mol. The van der Waals surface area contributed by atoms with Gasteiger partial charge in [0.2, 0.25) is 4.33 Å². The highest BCUT2D eigenvalue weighted by atomic mass is 35.5. The Morgan fingerprint density at radius 3 is 2.00 bits per heavy atom. The summed E-state index contributed by atoms with van der Waals surface area (Å²) in [6.45, 7) is 0. The third-order valence-corrected chi connectivity index (χ3v) is 6.12. The first-order valence-corrected chi connectivity index (χ1v) is 10.1. The molecule has 0 saturated carbocycles. The zero-order valence-electron chi connectivity index (χ0n) is 15.4. The maximum absolute atomic E-state index is 12.9. The molecular formula is C24H17Cl2NO2. The molecule has 0 fully saturated rings. The summed E-state index contributed by atoms with van der Waals surface area (Å²) in [7, 11) is 0. The maximum Gasteiger partial charge on any atom is 0.350 e. The fraction of sp³-hybridized carbons (Fsp3) is 0.125. The van der Waals surface area contributed by atoms with Gasteiger partial charge in [-0.05, 0) is 29.8 Å². The van der Waals surface area contributed by atoms with Crippen LogP contribution in [0.3, 0.4) is 0 Å². The molecule has 0 N–H and O–H groups in total. The third kappa shape index (κ3) is 2.93. The van der Waals surface area contributed by atoms with Crippen LogP contribution in [-0.2, 0) is 16.0 Å². The van der Waals surface area contributed by atoms with Crippen molar-refractivity contribution in [3.63, 3.8) is 0 Å². The molecule has 1 aliphatic heterocycles. The van der Waals surface area contributed by atoms with E-state index in [2.05, 4.69) is 0 Å². The Hall–Kier alpha value is -2.75. The zero-order valence-corrected chi connectivity index (χ0v) is 16.9. The lowest BCUT2D eigenvalue weighted by Gasteiger charge is -2.42. The Morgan fingerprint density at radius 2 is 1.38 bits per heavy atom. The molecule has 3 aromatic rings. The molecule has 1 unspecified atom stereocenters. The number of anilines is 2. The van der Waals surface area contributed by atoms with E-state index in [1.54, 1.807) is 0 Å². The van der Waals surface area contributed by atoms with Crippen LogP contribution in [0.2, 0.25) is 0 Å². The molecule has 0 aromatic heterocycles. The van der Waals surface area contributed by atoms with Crippen molar-refractivity contribution in [2.24, 2.45) is 0 Å². The Balaban J connectivity index is 1.74. The molecule has 1 heterocycles. The highest BCUT2D eigenvalue weighted by molar-refractivity contribution is 6.59. The number of hydrogen-bond acceptors (Lipinski definition) is 3. The van der Waals surface area contributed by atoms with E-state index in [4.69, 9.17) is 27.9 Å². The van der Waals surface area contributed by atoms with Gasteiger partial charge in [-0.15, -0.1) is 0 Å². The Bertz CT molecular complexity index is 1070. The van der Waals surface area contributed by atoms with Crippen LogP contribution in [0.4, 0.5) is 11.4 Å². The van der Waals surface area contributed by atoms with Crippen molar-refractivity contribution in [2.45, 2.75) is 16.8 Å². The minimum atomic E-state index is -1.76. The second-order valence-corrected chi connectivity index (χ2v) is 8.53. The van der Waals surface area contributed by atoms with Gasteiger partial charge < -0.3 is 9.64 Å². The normalized spacial score (nSPS) is 19.4. The Morgan fingerprint density at radius 1 is 0.828 bits per heavy atom. The van der Waals surface area contributed by atoms with Crippen LogP contribution in [0.15, 0.2) is 90.5 Å². The molecule has 3 nitrogen and oxygen atoms in total. The van der Waals surface area contributed by atoms with E-state index in [0.29, 0.717) is 12.2 Å². The number of nitrogens with zero attached hydrogens (tertiary/aromatic N) is 1. The lowest BCUT2D eigenvalue weighted by Crippen LogP contribution is -2.53. The Labute approximate surface area is 179 Å². The largest absolute Gasteiger partial charge is 0.424 e. The highest BCUT2D eigenvalue weighted by Gasteiger charge is 2.55. The summed E-state index contributed by atoms with van der Waals surface area (Å²) in [6, 6.07) is 27.0. The van der Waals surface area contributed by atoms with Crippen LogP contribution in [0.25, 0.3) is 5.76 Å². The zero-order chi connectivity index (χ0) is 20.0. The summed E-state index contributed by atoms with van der Waals surface area (Å²) in [4.78, 5) is 14.9. The van der Waals surface area contributed by atoms with Gasteiger partial charge in [0.25, 0.3) is 0 Å². The summed E-state index contributed by atoms with van der Waals surface area (Å²) in [5.74, 6) is -0.0810. The van der Waals surface area contributed by atoms with Crippen molar-refractivity contribution >= 4 is 46.3 Å². The van der Waals surface area contributed by atoms with Gasteiger partial charge in [-0.2, -0.15) is 0 Å². The van der Waals surface area contributed by atoms with Gasteiger partial charge in [0.05, 0.1) is 0 Å². The third-order valence-electron chi connectivity index (χ3n) is 5.40. The minimum Gasteiger partial charge on any atom is -0.424 e. The summed E-state index contributed by atoms with van der Waals surface area (Å²) >= 11 is 13.4. The molecule has 0 bridgehead atoms. The predicted octanol–water partition coefficient (Wildman–Crippen LogP) is 5.89. The number of carbonyl (C=O) groups excluding carboxylic acids is 1. The quantitative estimate of drug-likeness (QED) is 0.389. The summed E-state index contributed by atoms with van der Waals surface area (Å²) in [6.07, 6.45) is 0.626. The number of halogens is 2.